The van der Waals surface area contributed by atoms with Crippen LogP contribution in [0.15, 0.2) is 24.3 Å². The number of ether oxygens (including phenoxy) is 1. The normalized spacial score (nSPS) is 17.6. The first-order chi connectivity index (χ1) is 9.04. The quantitative estimate of drug-likeness (QED) is 0.802. The fraction of sp³-hybridized carbons (Fsp3) is 0.500. The predicted octanol–water partition coefficient (Wildman–Crippen LogP) is 3.40. The highest BCUT2D eigenvalue weighted by Gasteiger charge is 2.41. The van der Waals surface area contributed by atoms with Gasteiger partial charge in [0.05, 0.1) is 0 Å². The van der Waals surface area contributed by atoms with Gasteiger partial charge in [-0.05, 0) is 43.4 Å². The van der Waals surface area contributed by atoms with E-state index in [1.165, 1.54) is 12.8 Å². The highest BCUT2D eigenvalue weighted by atomic mass is 79.9. The summed E-state index contributed by atoms with van der Waals surface area (Å²) in [4.78, 5) is 11.9. The van der Waals surface area contributed by atoms with Crippen molar-refractivity contribution in [2.24, 2.45) is 5.41 Å². The number of benzene rings is 1. The Morgan fingerprint density at radius 3 is 2.89 bits per heavy atom. The minimum absolute atomic E-state index is 0.0906. The van der Waals surface area contributed by atoms with Crippen LogP contribution in [0.2, 0.25) is 5.02 Å². The summed E-state index contributed by atoms with van der Waals surface area (Å²) in [6, 6.07) is 7.06. The molecule has 0 saturated heterocycles. The highest BCUT2D eigenvalue weighted by Crippen LogP contribution is 2.46. The Morgan fingerprint density at radius 1 is 1.58 bits per heavy atom. The lowest BCUT2D eigenvalue weighted by atomic mass is 10.1. The van der Waals surface area contributed by atoms with Crippen molar-refractivity contribution in [2.75, 3.05) is 11.9 Å². The average molecular weight is 347 g/mol. The van der Waals surface area contributed by atoms with Gasteiger partial charge in [0.1, 0.15) is 5.75 Å². The monoisotopic (exact) mass is 345 g/mol. The molecular formula is C14H17BrClNO2. The van der Waals surface area contributed by atoms with E-state index in [-0.39, 0.29) is 11.3 Å². The first-order valence-corrected chi connectivity index (χ1v) is 7.80. The molecule has 1 saturated carbocycles. The molecule has 104 valence electrons. The zero-order valence-electron chi connectivity index (χ0n) is 10.8. The predicted molar refractivity (Wildman–Crippen MR) is 80.0 cm³/mol. The first kappa shape index (κ1) is 14.7. The second-order valence-corrected chi connectivity index (χ2v) is 6.07. The molecule has 3 nitrogen and oxygen atoms in total. The van der Waals surface area contributed by atoms with Gasteiger partial charge in [-0.3, -0.25) is 4.79 Å². The number of rotatable bonds is 6. The van der Waals surface area contributed by atoms with Crippen LogP contribution >= 0.6 is 27.5 Å². The maximum Gasteiger partial charge on any atom is 0.260 e. The third-order valence-corrected chi connectivity index (χ3v) is 4.78. The van der Waals surface area contributed by atoms with Crippen molar-refractivity contribution in [3.05, 3.63) is 29.3 Å². The molecule has 0 bridgehead atoms. The molecule has 0 radical (unpaired) electrons. The van der Waals surface area contributed by atoms with Crippen LogP contribution in [-0.2, 0) is 4.79 Å². The van der Waals surface area contributed by atoms with Crippen molar-refractivity contribution < 1.29 is 9.53 Å². The third kappa shape index (κ3) is 4.11. The van der Waals surface area contributed by atoms with Crippen molar-refractivity contribution in [3.8, 4) is 5.75 Å². The lowest BCUT2D eigenvalue weighted by Gasteiger charge is -2.17. The number of carbonyl (C=O) groups excluding carboxylic acids is 1. The summed E-state index contributed by atoms with van der Waals surface area (Å²) in [6.45, 7) is 2.45. The molecule has 1 aromatic carbocycles. The molecule has 1 fully saturated rings. The van der Waals surface area contributed by atoms with Gasteiger partial charge in [0.15, 0.2) is 6.10 Å². The molecule has 5 heteroatoms. The second kappa shape index (κ2) is 6.14. The lowest BCUT2D eigenvalue weighted by molar-refractivity contribution is -0.127. The Kier molecular flexibility index (Phi) is 4.74. The van der Waals surface area contributed by atoms with Crippen LogP contribution < -0.4 is 10.1 Å². The molecule has 1 unspecified atom stereocenters. The van der Waals surface area contributed by atoms with E-state index in [1.54, 1.807) is 31.2 Å². The van der Waals surface area contributed by atoms with Crippen LogP contribution in [0, 0.1) is 5.41 Å². The van der Waals surface area contributed by atoms with E-state index in [1.807, 2.05) is 0 Å². The van der Waals surface area contributed by atoms with Crippen LogP contribution in [0.25, 0.3) is 0 Å². The standard InChI is InChI=1S/C14H17BrClNO2/c1-10(19-12-4-2-3-11(16)7-12)13(18)17-9-14(8-15)5-6-14/h2-4,7,10H,5-6,8-9H2,1H3,(H,17,18). The molecule has 1 atom stereocenters. The van der Waals surface area contributed by atoms with Gasteiger partial charge in [-0.15, -0.1) is 0 Å². The maximum atomic E-state index is 11.9. The van der Waals surface area contributed by atoms with E-state index in [2.05, 4.69) is 21.2 Å². The number of nitrogens with one attached hydrogen (secondary N) is 1. The van der Waals surface area contributed by atoms with Crippen LogP contribution in [0.5, 0.6) is 5.75 Å². The zero-order valence-corrected chi connectivity index (χ0v) is 13.1. The molecule has 0 heterocycles. The summed E-state index contributed by atoms with van der Waals surface area (Å²) in [5, 5.41) is 4.48. The van der Waals surface area contributed by atoms with E-state index >= 15 is 0 Å². The number of alkyl halides is 1. The number of halogens is 2. The smallest absolute Gasteiger partial charge is 0.260 e. The second-order valence-electron chi connectivity index (χ2n) is 5.07. The average Bonchev–Trinajstić information content (AvgIpc) is 3.16. The van der Waals surface area contributed by atoms with E-state index in [4.69, 9.17) is 16.3 Å². The van der Waals surface area contributed by atoms with Crippen molar-refractivity contribution in [3.63, 3.8) is 0 Å². The third-order valence-electron chi connectivity index (χ3n) is 3.36. The summed E-state index contributed by atoms with van der Waals surface area (Å²) in [5.41, 5.74) is 0.269. The van der Waals surface area contributed by atoms with Gasteiger partial charge >= 0.3 is 0 Å². The molecule has 1 N–H and O–H groups in total. The molecule has 1 amide bonds. The van der Waals surface area contributed by atoms with Gasteiger partial charge < -0.3 is 10.1 Å². The van der Waals surface area contributed by atoms with Crippen molar-refractivity contribution in [1.82, 2.24) is 5.32 Å². The lowest BCUT2D eigenvalue weighted by Crippen LogP contribution is -2.39. The molecule has 1 aliphatic carbocycles. The minimum atomic E-state index is -0.524. The van der Waals surface area contributed by atoms with Crippen LogP contribution in [0.4, 0.5) is 0 Å². The topological polar surface area (TPSA) is 38.3 Å². The Balaban J connectivity index is 1.82. The molecular weight excluding hydrogens is 330 g/mol. The van der Waals surface area contributed by atoms with Crippen molar-refractivity contribution in [2.45, 2.75) is 25.9 Å². The van der Waals surface area contributed by atoms with Gasteiger partial charge in [0.25, 0.3) is 5.91 Å². The Hall–Kier alpha value is -0.740. The van der Waals surface area contributed by atoms with E-state index in [9.17, 15) is 4.79 Å². The molecule has 19 heavy (non-hydrogen) atoms. The fourth-order valence-corrected chi connectivity index (χ4v) is 2.69. The number of hydrogen-bond donors (Lipinski definition) is 1. The van der Waals surface area contributed by atoms with Crippen molar-refractivity contribution >= 4 is 33.4 Å². The van der Waals surface area contributed by atoms with Gasteiger partial charge in [0.2, 0.25) is 0 Å². The van der Waals surface area contributed by atoms with E-state index in [0.717, 1.165) is 5.33 Å². The van der Waals surface area contributed by atoms with Crippen LogP contribution in [0.3, 0.4) is 0 Å². The molecule has 2 rings (SSSR count). The molecule has 0 aromatic heterocycles. The zero-order chi connectivity index (χ0) is 13.9. The molecule has 0 aliphatic heterocycles. The Labute approximate surface area is 126 Å². The Morgan fingerprint density at radius 2 is 2.32 bits per heavy atom. The summed E-state index contributed by atoms with van der Waals surface area (Å²) in [5.74, 6) is 0.518. The number of hydrogen-bond acceptors (Lipinski definition) is 2. The van der Waals surface area contributed by atoms with Crippen molar-refractivity contribution in [1.29, 1.82) is 0 Å². The first-order valence-electron chi connectivity index (χ1n) is 6.31. The summed E-state index contributed by atoms with van der Waals surface area (Å²) < 4.78 is 5.57. The van der Waals surface area contributed by atoms with Gasteiger partial charge in [-0.25, -0.2) is 0 Å². The number of carbonyl (C=O) groups is 1. The molecule has 1 aromatic rings. The highest BCUT2D eigenvalue weighted by molar-refractivity contribution is 9.09. The molecule has 0 spiro atoms. The van der Waals surface area contributed by atoms with Gasteiger partial charge in [-0.1, -0.05) is 33.6 Å². The minimum Gasteiger partial charge on any atom is -0.481 e. The van der Waals surface area contributed by atoms with E-state index < -0.39 is 6.10 Å². The molecule has 1 aliphatic rings. The number of amides is 1. The maximum absolute atomic E-state index is 11.9. The van der Waals surface area contributed by atoms with E-state index in [0.29, 0.717) is 17.3 Å². The van der Waals surface area contributed by atoms with Crippen LogP contribution in [-0.4, -0.2) is 23.9 Å². The Bertz CT molecular complexity index is 463. The fourth-order valence-electron chi connectivity index (χ4n) is 1.75. The van der Waals surface area contributed by atoms with Crippen LogP contribution in [0.1, 0.15) is 19.8 Å². The van der Waals surface area contributed by atoms with Gasteiger partial charge in [0, 0.05) is 16.9 Å². The largest absolute Gasteiger partial charge is 0.481 e. The van der Waals surface area contributed by atoms with Gasteiger partial charge in [-0.2, -0.15) is 0 Å². The summed E-state index contributed by atoms with van der Waals surface area (Å²) in [6.07, 6.45) is 1.81. The SMILES string of the molecule is CC(Oc1cccc(Cl)c1)C(=O)NCC1(CBr)CC1. The summed E-state index contributed by atoms with van der Waals surface area (Å²) in [7, 11) is 0. The summed E-state index contributed by atoms with van der Waals surface area (Å²) >= 11 is 9.36.